The maximum atomic E-state index is 10.8. The van der Waals surface area contributed by atoms with E-state index in [2.05, 4.69) is 31.1 Å². The van der Waals surface area contributed by atoms with Gasteiger partial charge >= 0.3 is 5.97 Å². The highest BCUT2D eigenvalue weighted by Crippen LogP contribution is 2.20. The zero-order valence-electron chi connectivity index (χ0n) is 7.44. The lowest BCUT2D eigenvalue weighted by molar-refractivity contribution is 0.0698. The minimum Gasteiger partial charge on any atom is -0.478 e. The summed E-state index contributed by atoms with van der Waals surface area (Å²) in [5.41, 5.74) is 1.08. The van der Waals surface area contributed by atoms with Crippen molar-refractivity contribution in [2.75, 3.05) is 0 Å². The highest BCUT2D eigenvalue weighted by Gasteiger charge is 2.14. The van der Waals surface area contributed by atoms with E-state index in [1.165, 1.54) is 6.20 Å². The molecular formula is C9H6BrN3O2. The highest BCUT2D eigenvalue weighted by atomic mass is 79.9. The van der Waals surface area contributed by atoms with E-state index in [0.717, 1.165) is 4.47 Å². The Morgan fingerprint density at radius 1 is 1.40 bits per heavy atom. The molecule has 0 fully saturated rings. The van der Waals surface area contributed by atoms with Crippen molar-refractivity contribution in [3.63, 3.8) is 0 Å². The van der Waals surface area contributed by atoms with Gasteiger partial charge in [0.25, 0.3) is 0 Å². The number of aromatic nitrogens is 3. The lowest BCUT2D eigenvalue weighted by atomic mass is 10.2. The number of nitrogens with one attached hydrogen (secondary N) is 1. The summed E-state index contributed by atoms with van der Waals surface area (Å²) >= 11 is 3.25. The van der Waals surface area contributed by atoms with E-state index in [4.69, 9.17) is 5.11 Å². The summed E-state index contributed by atoms with van der Waals surface area (Å²) in [6.07, 6.45) is 2.86. The van der Waals surface area contributed by atoms with Crippen LogP contribution in [0.4, 0.5) is 0 Å². The molecule has 0 radical (unpaired) electrons. The number of aromatic carboxylic acids is 1. The number of carboxylic acids is 1. The number of nitrogens with zero attached hydrogens (tertiary/aromatic N) is 2. The molecule has 6 heteroatoms. The summed E-state index contributed by atoms with van der Waals surface area (Å²) in [5, 5.41) is 15.2. The second-order valence-corrected chi connectivity index (χ2v) is 3.74. The zero-order chi connectivity index (χ0) is 10.8. The molecule has 5 nitrogen and oxygen atoms in total. The first-order chi connectivity index (χ1) is 7.18. The summed E-state index contributed by atoms with van der Waals surface area (Å²) in [6, 6.07) is 3.50. The molecular weight excluding hydrogens is 262 g/mol. The van der Waals surface area contributed by atoms with Crippen LogP contribution in [0, 0.1) is 0 Å². The van der Waals surface area contributed by atoms with Gasteiger partial charge in [0.1, 0.15) is 5.56 Å². The first kappa shape index (κ1) is 9.85. The molecule has 0 bridgehead atoms. The Morgan fingerprint density at radius 2 is 2.20 bits per heavy atom. The summed E-state index contributed by atoms with van der Waals surface area (Å²) in [5.74, 6) is -1.02. The van der Waals surface area contributed by atoms with Gasteiger partial charge in [-0.05, 0) is 28.1 Å². The van der Waals surface area contributed by atoms with Crippen LogP contribution in [0.1, 0.15) is 10.4 Å². The van der Waals surface area contributed by atoms with Gasteiger partial charge in [0.15, 0.2) is 0 Å². The van der Waals surface area contributed by atoms with E-state index in [1.807, 2.05) is 0 Å². The van der Waals surface area contributed by atoms with E-state index in [9.17, 15) is 4.79 Å². The van der Waals surface area contributed by atoms with Gasteiger partial charge in [-0.1, -0.05) is 0 Å². The number of carbonyl (C=O) groups is 1. The molecule has 0 atom stereocenters. The minimum absolute atomic E-state index is 0.116. The van der Waals surface area contributed by atoms with Crippen molar-refractivity contribution in [1.82, 2.24) is 15.2 Å². The SMILES string of the molecule is O=C(O)c1cn[nH]c1-c1ccc(Br)cn1. The number of halogens is 1. The average molecular weight is 268 g/mol. The smallest absolute Gasteiger partial charge is 0.339 e. The summed E-state index contributed by atoms with van der Waals surface area (Å²) < 4.78 is 0.836. The van der Waals surface area contributed by atoms with Gasteiger partial charge in [-0.2, -0.15) is 5.10 Å². The topological polar surface area (TPSA) is 78.9 Å². The third-order valence-corrected chi connectivity index (χ3v) is 2.32. The molecule has 2 aromatic rings. The van der Waals surface area contributed by atoms with Gasteiger partial charge in [0.05, 0.1) is 17.6 Å². The molecule has 0 saturated heterocycles. The van der Waals surface area contributed by atoms with E-state index in [0.29, 0.717) is 11.4 Å². The molecule has 0 saturated carbocycles. The number of rotatable bonds is 2. The molecule has 76 valence electrons. The predicted molar refractivity (Wildman–Crippen MR) is 56.5 cm³/mol. The van der Waals surface area contributed by atoms with Crippen LogP contribution in [-0.4, -0.2) is 26.3 Å². The van der Waals surface area contributed by atoms with Gasteiger partial charge in [-0.25, -0.2) is 4.79 Å². The lowest BCUT2D eigenvalue weighted by Crippen LogP contribution is -1.97. The third-order valence-electron chi connectivity index (χ3n) is 1.85. The fourth-order valence-electron chi connectivity index (χ4n) is 1.17. The Balaban J connectivity index is 2.49. The quantitative estimate of drug-likeness (QED) is 0.872. The Kier molecular flexibility index (Phi) is 2.51. The monoisotopic (exact) mass is 267 g/mol. The number of hydrogen-bond acceptors (Lipinski definition) is 3. The van der Waals surface area contributed by atoms with Crippen LogP contribution < -0.4 is 0 Å². The van der Waals surface area contributed by atoms with Crippen LogP contribution in [0.15, 0.2) is 29.0 Å². The van der Waals surface area contributed by atoms with Crippen LogP contribution in [0.3, 0.4) is 0 Å². The molecule has 2 N–H and O–H groups in total. The minimum atomic E-state index is -1.02. The molecule has 2 rings (SSSR count). The van der Waals surface area contributed by atoms with Gasteiger partial charge in [-0.3, -0.25) is 10.1 Å². The van der Waals surface area contributed by atoms with Crippen LogP contribution in [0.25, 0.3) is 11.4 Å². The molecule has 0 aliphatic rings. The van der Waals surface area contributed by atoms with Crippen molar-refractivity contribution in [3.8, 4) is 11.4 Å². The second kappa shape index (κ2) is 3.82. The van der Waals surface area contributed by atoms with Crippen LogP contribution in [0.5, 0.6) is 0 Å². The summed E-state index contributed by atoms with van der Waals surface area (Å²) in [7, 11) is 0. The maximum absolute atomic E-state index is 10.8. The van der Waals surface area contributed by atoms with Gasteiger partial charge in [0, 0.05) is 10.7 Å². The third kappa shape index (κ3) is 1.89. The molecule has 2 aromatic heterocycles. The summed E-state index contributed by atoms with van der Waals surface area (Å²) in [6.45, 7) is 0. The second-order valence-electron chi connectivity index (χ2n) is 2.83. The van der Waals surface area contributed by atoms with E-state index < -0.39 is 5.97 Å². The van der Waals surface area contributed by atoms with Crippen molar-refractivity contribution in [3.05, 3.63) is 34.6 Å². The van der Waals surface area contributed by atoms with Crippen LogP contribution in [0.2, 0.25) is 0 Å². The van der Waals surface area contributed by atoms with Crippen LogP contribution >= 0.6 is 15.9 Å². The van der Waals surface area contributed by atoms with Crippen molar-refractivity contribution in [2.24, 2.45) is 0 Å². The van der Waals surface area contributed by atoms with Crippen molar-refractivity contribution < 1.29 is 9.90 Å². The Bertz CT molecular complexity index is 492. The van der Waals surface area contributed by atoms with E-state index >= 15 is 0 Å². The molecule has 0 aliphatic carbocycles. The molecule has 15 heavy (non-hydrogen) atoms. The van der Waals surface area contributed by atoms with Crippen molar-refractivity contribution >= 4 is 21.9 Å². The first-order valence-electron chi connectivity index (χ1n) is 4.07. The largest absolute Gasteiger partial charge is 0.478 e. The predicted octanol–water partition coefficient (Wildman–Crippen LogP) is 1.93. The standard InChI is InChI=1S/C9H6BrN3O2/c10-5-1-2-7(11-3-5)8-6(9(14)15)4-12-13-8/h1-4H,(H,12,13)(H,14,15). The number of carboxylic acid groups (broad SMARTS) is 1. The van der Waals surface area contributed by atoms with Crippen LogP contribution in [-0.2, 0) is 0 Å². The van der Waals surface area contributed by atoms with E-state index in [-0.39, 0.29) is 5.56 Å². The molecule has 0 unspecified atom stereocenters. The first-order valence-corrected chi connectivity index (χ1v) is 4.86. The Labute approximate surface area is 93.3 Å². The molecule has 0 spiro atoms. The molecule has 0 aliphatic heterocycles. The summed E-state index contributed by atoms with van der Waals surface area (Å²) in [4.78, 5) is 14.9. The molecule has 0 amide bonds. The Morgan fingerprint density at radius 3 is 2.80 bits per heavy atom. The average Bonchev–Trinajstić information content (AvgIpc) is 2.67. The molecule has 0 aromatic carbocycles. The normalized spacial score (nSPS) is 10.2. The fraction of sp³-hybridized carbons (Fsp3) is 0. The Hall–Kier alpha value is -1.69. The highest BCUT2D eigenvalue weighted by molar-refractivity contribution is 9.10. The lowest BCUT2D eigenvalue weighted by Gasteiger charge is -1.98. The zero-order valence-corrected chi connectivity index (χ0v) is 9.02. The van der Waals surface area contributed by atoms with Crippen molar-refractivity contribution in [2.45, 2.75) is 0 Å². The van der Waals surface area contributed by atoms with Gasteiger partial charge < -0.3 is 5.11 Å². The number of H-pyrrole nitrogens is 1. The fourth-order valence-corrected chi connectivity index (χ4v) is 1.40. The van der Waals surface area contributed by atoms with E-state index in [1.54, 1.807) is 18.3 Å². The number of hydrogen-bond donors (Lipinski definition) is 2. The van der Waals surface area contributed by atoms with Gasteiger partial charge in [-0.15, -0.1) is 0 Å². The maximum Gasteiger partial charge on any atom is 0.339 e. The number of pyridine rings is 1. The number of aromatic amines is 1. The molecule has 2 heterocycles. The van der Waals surface area contributed by atoms with Crippen molar-refractivity contribution in [1.29, 1.82) is 0 Å². The van der Waals surface area contributed by atoms with Gasteiger partial charge in [0.2, 0.25) is 0 Å².